The molecule has 0 amide bonds. The molecule has 5 nitrogen and oxygen atoms in total. The van der Waals surface area contributed by atoms with Gasteiger partial charge in [-0.1, -0.05) is 0 Å². The van der Waals surface area contributed by atoms with Crippen LogP contribution in [0, 0.1) is 0 Å². The van der Waals surface area contributed by atoms with Crippen molar-refractivity contribution in [3.63, 3.8) is 0 Å². The highest BCUT2D eigenvalue weighted by molar-refractivity contribution is 5.99. The fourth-order valence-electron chi connectivity index (χ4n) is 3.84. The smallest absolute Gasteiger partial charge is 0.168 e. The third-order valence-corrected chi connectivity index (χ3v) is 4.96. The summed E-state index contributed by atoms with van der Waals surface area (Å²) in [6.07, 6.45) is 5.08. The number of nitrogens with zero attached hydrogens (tertiary/aromatic N) is 2. The van der Waals surface area contributed by atoms with Crippen LogP contribution in [0.4, 0.5) is 0 Å². The fraction of sp³-hybridized carbons (Fsp3) is 0.600. The standard InChI is InChI=1S/C15H20N2O3/c1-20-11-15(10-18)13(19)14(4-8-17(15)9-5-14)12-2-6-16-7-3-12/h2-3,6-7,18H,4-5,8-11H2,1H3/t15-/m1/s1. The highest BCUT2D eigenvalue weighted by atomic mass is 16.5. The maximum Gasteiger partial charge on any atom is 0.168 e. The molecule has 5 heteroatoms. The molecule has 1 aromatic rings. The summed E-state index contributed by atoms with van der Waals surface area (Å²) in [6.45, 7) is 1.69. The summed E-state index contributed by atoms with van der Waals surface area (Å²) < 4.78 is 5.24. The van der Waals surface area contributed by atoms with Crippen LogP contribution in [0.15, 0.2) is 24.5 Å². The Morgan fingerprint density at radius 2 is 2.00 bits per heavy atom. The predicted octanol–water partition coefficient (Wildman–Crippen LogP) is 0.375. The van der Waals surface area contributed by atoms with E-state index in [-0.39, 0.29) is 19.0 Å². The quantitative estimate of drug-likeness (QED) is 0.861. The van der Waals surface area contributed by atoms with Gasteiger partial charge in [0.05, 0.1) is 18.6 Å². The minimum absolute atomic E-state index is 0.0954. The summed E-state index contributed by atoms with van der Waals surface area (Å²) in [7, 11) is 1.58. The molecule has 1 aromatic heterocycles. The van der Waals surface area contributed by atoms with Crippen LogP contribution in [0.25, 0.3) is 0 Å². The van der Waals surface area contributed by atoms with Crippen molar-refractivity contribution >= 4 is 5.78 Å². The number of carbonyl (C=O) groups is 1. The normalized spacial score (nSPS) is 36.3. The van der Waals surface area contributed by atoms with Gasteiger partial charge < -0.3 is 9.84 Å². The molecule has 0 aromatic carbocycles. The van der Waals surface area contributed by atoms with E-state index >= 15 is 0 Å². The van der Waals surface area contributed by atoms with Crippen molar-refractivity contribution in [1.29, 1.82) is 0 Å². The number of ether oxygens (including phenoxy) is 1. The zero-order valence-corrected chi connectivity index (χ0v) is 11.7. The number of rotatable bonds is 4. The molecule has 3 aliphatic heterocycles. The lowest BCUT2D eigenvalue weighted by molar-refractivity contribution is -0.162. The van der Waals surface area contributed by atoms with E-state index in [2.05, 4.69) is 9.88 Å². The second-order valence-electron chi connectivity index (χ2n) is 5.76. The van der Waals surface area contributed by atoms with Crippen LogP contribution in [0.2, 0.25) is 0 Å². The van der Waals surface area contributed by atoms with E-state index in [0.29, 0.717) is 0 Å². The van der Waals surface area contributed by atoms with E-state index in [0.717, 1.165) is 31.5 Å². The molecule has 0 unspecified atom stereocenters. The Hall–Kier alpha value is -1.30. The minimum atomic E-state index is -0.880. The lowest BCUT2D eigenvalue weighted by atomic mass is 9.60. The number of hydrogen-bond acceptors (Lipinski definition) is 5. The van der Waals surface area contributed by atoms with Crippen LogP contribution < -0.4 is 0 Å². The molecule has 0 saturated carbocycles. The first kappa shape index (κ1) is 13.7. The van der Waals surface area contributed by atoms with Crippen LogP contribution in [0.1, 0.15) is 18.4 Å². The van der Waals surface area contributed by atoms with E-state index in [9.17, 15) is 9.90 Å². The molecule has 4 heterocycles. The monoisotopic (exact) mass is 276 g/mol. The zero-order valence-electron chi connectivity index (χ0n) is 11.7. The maximum absolute atomic E-state index is 13.2. The van der Waals surface area contributed by atoms with Crippen LogP contribution in [0.3, 0.4) is 0 Å². The summed E-state index contributed by atoms with van der Waals surface area (Å²) in [5.74, 6) is 0.0954. The Kier molecular flexibility index (Phi) is 3.36. The average molecular weight is 276 g/mol. The highest BCUT2D eigenvalue weighted by Gasteiger charge is 2.60. The second kappa shape index (κ2) is 4.91. The number of aliphatic hydroxyl groups is 1. The largest absolute Gasteiger partial charge is 0.394 e. The molecular weight excluding hydrogens is 256 g/mol. The molecule has 4 rings (SSSR count). The van der Waals surface area contributed by atoms with Crippen molar-refractivity contribution < 1.29 is 14.6 Å². The molecule has 20 heavy (non-hydrogen) atoms. The van der Waals surface area contributed by atoms with E-state index in [1.165, 1.54) is 0 Å². The van der Waals surface area contributed by atoms with Crippen LogP contribution in [-0.4, -0.2) is 59.7 Å². The number of piperidine rings is 3. The summed E-state index contributed by atoms with van der Waals surface area (Å²) in [6, 6.07) is 3.85. The van der Waals surface area contributed by atoms with Crippen molar-refractivity contribution in [2.24, 2.45) is 0 Å². The number of carbonyl (C=O) groups excluding carboxylic acids is 1. The molecular formula is C15H20N2O3. The van der Waals surface area contributed by atoms with Crippen LogP contribution in [-0.2, 0) is 14.9 Å². The van der Waals surface area contributed by atoms with Gasteiger partial charge in [0.25, 0.3) is 0 Å². The van der Waals surface area contributed by atoms with Gasteiger partial charge in [-0.05, 0) is 30.5 Å². The third kappa shape index (κ3) is 1.67. The molecule has 3 fully saturated rings. The van der Waals surface area contributed by atoms with Gasteiger partial charge in [-0.15, -0.1) is 0 Å². The van der Waals surface area contributed by atoms with Gasteiger partial charge in [0.1, 0.15) is 5.54 Å². The van der Waals surface area contributed by atoms with E-state index < -0.39 is 11.0 Å². The van der Waals surface area contributed by atoms with E-state index in [4.69, 9.17) is 4.74 Å². The van der Waals surface area contributed by atoms with E-state index in [1.54, 1.807) is 19.5 Å². The first-order valence-corrected chi connectivity index (χ1v) is 7.00. The average Bonchev–Trinajstić information content (AvgIpc) is 2.52. The second-order valence-corrected chi connectivity index (χ2v) is 5.76. The van der Waals surface area contributed by atoms with Gasteiger partial charge in [0.2, 0.25) is 0 Å². The predicted molar refractivity (Wildman–Crippen MR) is 73.4 cm³/mol. The Balaban J connectivity index is 2.07. The summed E-state index contributed by atoms with van der Waals surface area (Å²) in [4.78, 5) is 19.3. The van der Waals surface area contributed by atoms with Crippen molar-refractivity contribution in [3.05, 3.63) is 30.1 Å². The lowest BCUT2D eigenvalue weighted by Gasteiger charge is -2.57. The molecule has 1 N–H and O–H groups in total. The summed E-state index contributed by atoms with van der Waals surface area (Å²) in [5, 5.41) is 9.87. The highest BCUT2D eigenvalue weighted by Crippen LogP contribution is 2.47. The molecule has 3 saturated heterocycles. The molecule has 0 spiro atoms. The zero-order chi connectivity index (χ0) is 14.2. The Morgan fingerprint density at radius 3 is 2.55 bits per heavy atom. The Bertz CT molecular complexity index is 497. The van der Waals surface area contributed by atoms with Crippen molar-refractivity contribution in [2.75, 3.05) is 33.4 Å². The number of aliphatic hydroxyl groups excluding tert-OH is 1. The molecule has 0 radical (unpaired) electrons. The maximum atomic E-state index is 13.2. The topological polar surface area (TPSA) is 62.7 Å². The third-order valence-electron chi connectivity index (χ3n) is 4.96. The van der Waals surface area contributed by atoms with Gasteiger partial charge in [-0.25, -0.2) is 0 Å². The number of hydrogen-bond donors (Lipinski definition) is 1. The van der Waals surface area contributed by atoms with Gasteiger partial charge in [-0.3, -0.25) is 14.7 Å². The number of ketones is 1. The van der Waals surface area contributed by atoms with Crippen molar-refractivity contribution in [2.45, 2.75) is 23.8 Å². The summed E-state index contributed by atoms with van der Waals surface area (Å²) in [5.41, 5.74) is -0.348. The molecule has 108 valence electrons. The number of aromatic nitrogens is 1. The first-order chi connectivity index (χ1) is 9.69. The van der Waals surface area contributed by atoms with Crippen molar-refractivity contribution in [3.8, 4) is 0 Å². The Labute approximate surface area is 118 Å². The molecule has 1 atom stereocenters. The number of fused-ring (bicyclic) bond motifs is 3. The number of pyridine rings is 1. The van der Waals surface area contributed by atoms with Crippen molar-refractivity contribution in [1.82, 2.24) is 9.88 Å². The molecule has 3 aliphatic rings. The van der Waals surface area contributed by atoms with Gasteiger partial charge in [-0.2, -0.15) is 0 Å². The van der Waals surface area contributed by atoms with Gasteiger partial charge in [0.15, 0.2) is 5.78 Å². The Morgan fingerprint density at radius 1 is 1.35 bits per heavy atom. The summed E-state index contributed by atoms with van der Waals surface area (Å²) >= 11 is 0. The lowest BCUT2D eigenvalue weighted by Crippen LogP contribution is -2.73. The van der Waals surface area contributed by atoms with Gasteiger partial charge in [0, 0.05) is 32.6 Å². The SMILES string of the molecule is COC[C@]1(CO)C(=O)C2(c3ccncc3)CCN1CC2. The number of methoxy groups -OCH3 is 1. The van der Waals surface area contributed by atoms with Crippen LogP contribution in [0.5, 0.6) is 0 Å². The van der Waals surface area contributed by atoms with Crippen LogP contribution >= 0.6 is 0 Å². The molecule has 2 bridgehead atoms. The number of Topliss-reactive ketones (excluding diaryl/α,β-unsaturated/α-hetero) is 1. The minimum Gasteiger partial charge on any atom is -0.394 e. The van der Waals surface area contributed by atoms with Gasteiger partial charge >= 0.3 is 0 Å². The van der Waals surface area contributed by atoms with E-state index in [1.807, 2.05) is 12.1 Å². The fourth-order valence-corrected chi connectivity index (χ4v) is 3.84. The first-order valence-electron chi connectivity index (χ1n) is 7.00. The molecule has 0 aliphatic carbocycles.